The van der Waals surface area contributed by atoms with Crippen LogP contribution in [0, 0.1) is 6.92 Å². The molecule has 1 aliphatic rings. The van der Waals surface area contributed by atoms with Crippen LogP contribution in [0.3, 0.4) is 0 Å². The molecule has 0 atom stereocenters. The maximum absolute atomic E-state index is 5.71. The van der Waals surface area contributed by atoms with E-state index < -0.39 is 0 Å². The number of aryl methyl sites for hydroxylation is 2. The summed E-state index contributed by atoms with van der Waals surface area (Å²) in [5.74, 6) is 3.06. The van der Waals surface area contributed by atoms with E-state index in [2.05, 4.69) is 11.9 Å². The van der Waals surface area contributed by atoms with Crippen molar-refractivity contribution in [3.63, 3.8) is 0 Å². The molecule has 94 valence electrons. The molecule has 0 bridgehead atoms. The standard InChI is InChI=1S/C14H15NO3/c1-3-4-11-9(2)18-14(15-11)10-5-6-12-13(7-10)17-8-16-12/h5-7H,3-4,8H2,1-2H3. The number of nitrogens with zero attached hydrogens (tertiary/aromatic N) is 1. The fourth-order valence-corrected chi connectivity index (χ4v) is 2.05. The highest BCUT2D eigenvalue weighted by Crippen LogP contribution is 2.36. The number of aromatic nitrogens is 1. The van der Waals surface area contributed by atoms with Crippen LogP contribution in [0.4, 0.5) is 0 Å². The van der Waals surface area contributed by atoms with Gasteiger partial charge in [0.15, 0.2) is 11.5 Å². The zero-order chi connectivity index (χ0) is 12.5. The lowest BCUT2D eigenvalue weighted by Crippen LogP contribution is -1.92. The molecule has 0 amide bonds. The van der Waals surface area contributed by atoms with Crippen molar-refractivity contribution in [2.75, 3.05) is 6.79 Å². The third-order valence-corrected chi connectivity index (χ3v) is 3.00. The Morgan fingerprint density at radius 3 is 2.89 bits per heavy atom. The van der Waals surface area contributed by atoms with E-state index in [9.17, 15) is 0 Å². The van der Waals surface area contributed by atoms with Crippen LogP contribution in [0.2, 0.25) is 0 Å². The third kappa shape index (κ3) is 1.83. The molecule has 1 aromatic carbocycles. The molecule has 0 radical (unpaired) electrons. The fourth-order valence-electron chi connectivity index (χ4n) is 2.05. The molecule has 0 saturated carbocycles. The van der Waals surface area contributed by atoms with Crippen LogP contribution in [0.1, 0.15) is 24.8 Å². The molecule has 4 heteroatoms. The maximum Gasteiger partial charge on any atom is 0.231 e. The predicted octanol–water partition coefficient (Wildman–Crippen LogP) is 3.33. The van der Waals surface area contributed by atoms with Gasteiger partial charge in [0, 0.05) is 5.56 Å². The first-order valence-corrected chi connectivity index (χ1v) is 6.14. The van der Waals surface area contributed by atoms with Crippen LogP contribution < -0.4 is 9.47 Å². The second kappa shape index (κ2) is 4.37. The lowest BCUT2D eigenvalue weighted by molar-refractivity contribution is 0.174. The van der Waals surface area contributed by atoms with Gasteiger partial charge in [-0.3, -0.25) is 0 Å². The van der Waals surface area contributed by atoms with E-state index in [1.165, 1.54) is 0 Å². The van der Waals surface area contributed by atoms with Gasteiger partial charge >= 0.3 is 0 Å². The molecular formula is C14H15NO3. The molecule has 0 saturated heterocycles. The molecule has 18 heavy (non-hydrogen) atoms. The Morgan fingerprint density at radius 2 is 2.06 bits per heavy atom. The molecule has 0 unspecified atom stereocenters. The van der Waals surface area contributed by atoms with Crippen LogP contribution >= 0.6 is 0 Å². The summed E-state index contributed by atoms with van der Waals surface area (Å²) < 4.78 is 16.3. The van der Waals surface area contributed by atoms with E-state index in [1.54, 1.807) is 0 Å². The molecule has 1 aliphatic heterocycles. The molecule has 2 aromatic rings. The Balaban J connectivity index is 1.97. The van der Waals surface area contributed by atoms with Crippen LogP contribution in [-0.4, -0.2) is 11.8 Å². The smallest absolute Gasteiger partial charge is 0.231 e. The van der Waals surface area contributed by atoms with Gasteiger partial charge in [0.2, 0.25) is 12.7 Å². The maximum atomic E-state index is 5.71. The number of oxazole rings is 1. The first kappa shape index (κ1) is 11.1. The summed E-state index contributed by atoms with van der Waals surface area (Å²) in [7, 11) is 0. The number of rotatable bonds is 3. The summed E-state index contributed by atoms with van der Waals surface area (Å²) >= 11 is 0. The van der Waals surface area contributed by atoms with Crippen molar-refractivity contribution in [3.8, 4) is 23.0 Å². The Kier molecular flexibility index (Phi) is 2.70. The number of fused-ring (bicyclic) bond motifs is 1. The minimum atomic E-state index is 0.282. The van der Waals surface area contributed by atoms with Gasteiger partial charge in [-0.1, -0.05) is 13.3 Å². The van der Waals surface area contributed by atoms with Crippen molar-refractivity contribution < 1.29 is 13.9 Å². The molecule has 0 fully saturated rings. The largest absolute Gasteiger partial charge is 0.454 e. The number of hydrogen-bond donors (Lipinski definition) is 0. The molecule has 3 rings (SSSR count). The first-order chi connectivity index (χ1) is 8.78. The van der Waals surface area contributed by atoms with Crippen LogP contribution in [0.25, 0.3) is 11.5 Å². The Bertz CT molecular complexity index is 574. The molecule has 0 spiro atoms. The van der Waals surface area contributed by atoms with Gasteiger partial charge in [0.05, 0.1) is 5.69 Å². The van der Waals surface area contributed by atoms with Crippen molar-refractivity contribution in [2.45, 2.75) is 26.7 Å². The quantitative estimate of drug-likeness (QED) is 0.832. The molecule has 0 aliphatic carbocycles. The zero-order valence-corrected chi connectivity index (χ0v) is 10.5. The molecular weight excluding hydrogens is 230 g/mol. The van der Waals surface area contributed by atoms with Crippen LogP contribution in [-0.2, 0) is 6.42 Å². The molecule has 4 nitrogen and oxygen atoms in total. The number of hydrogen-bond acceptors (Lipinski definition) is 4. The van der Waals surface area contributed by atoms with Crippen LogP contribution in [0.15, 0.2) is 22.6 Å². The van der Waals surface area contributed by atoms with Gasteiger partial charge in [0.25, 0.3) is 0 Å². The molecule has 0 N–H and O–H groups in total. The van der Waals surface area contributed by atoms with Gasteiger partial charge in [-0.15, -0.1) is 0 Å². The Labute approximate surface area is 106 Å². The summed E-state index contributed by atoms with van der Waals surface area (Å²) in [5, 5.41) is 0. The first-order valence-electron chi connectivity index (χ1n) is 6.14. The van der Waals surface area contributed by atoms with Gasteiger partial charge in [-0.2, -0.15) is 0 Å². The number of ether oxygens (including phenoxy) is 2. The third-order valence-electron chi connectivity index (χ3n) is 3.00. The van der Waals surface area contributed by atoms with Crippen molar-refractivity contribution in [1.82, 2.24) is 4.98 Å². The van der Waals surface area contributed by atoms with E-state index in [0.717, 1.165) is 41.4 Å². The summed E-state index contributed by atoms with van der Waals surface area (Å²) in [6.45, 7) is 4.37. The van der Waals surface area contributed by atoms with Gasteiger partial charge in [0.1, 0.15) is 5.76 Å². The lowest BCUT2D eigenvalue weighted by atomic mass is 10.2. The normalized spacial score (nSPS) is 13.0. The van der Waals surface area contributed by atoms with Crippen molar-refractivity contribution >= 4 is 0 Å². The monoisotopic (exact) mass is 245 g/mol. The highest BCUT2D eigenvalue weighted by molar-refractivity contribution is 5.60. The summed E-state index contributed by atoms with van der Waals surface area (Å²) in [6, 6.07) is 5.73. The zero-order valence-electron chi connectivity index (χ0n) is 10.5. The minimum Gasteiger partial charge on any atom is -0.454 e. The van der Waals surface area contributed by atoms with Crippen molar-refractivity contribution in [1.29, 1.82) is 0 Å². The Morgan fingerprint density at radius 1 is 1.22 bits per heavy atom. The average molecular weight is 245 g/mol. The van der Waals surface area contributed by atoms with Crippen molar-refractivity contribution in [3.05, 3.63) is 29.7 Å². The highest BCUT2D eigenvalue weighted by Gasteiger charge is 2.17. The second-order valence-electron chi connectivity index (χ2n) is 4.34. The Hall–Kier alpha value is -1.97. The second-order valence-corrected chi connectivity index (χ2v) is 4.34. The summed E-state index contributed by atoms with van der Waals surface area (Å²) in [6.07, 6.45) is 2.01. The van der Waals surface area contributed by atoms with E-state index in [-0.39, 0.29) is 6.79 Å². The SMILES string of the molecule is CCCc1nc(-c2ccc3c(c2)OCO3)oc1C. The average Bonchev–Trinajstić information content (AvgIpc) is 2.96. The van der Waals surface area contributed by atoms with Gasteiger partial charge in [-0.25, -0.2) is 4.98 Å². The summed E-state index contributed by atoms with van der Waals surface area (Å²) in [5.41, 5.74) is 1.95. The molecule has 1 aromatic heterocycles. The molecule has 2 heterocycles. The predicted molar refractivity (Wildman–Crippen MR) is 66.8 cm³/mol. The van der Waals surface area contributed by atoms with Crippen LogP contribution in [0.5, 0.6) is 11.5 Å². The number of benzene rings is 1. The topological polar surface area (TPSA) is 44.5 Å². The van der Waals surface area contributed by atoms with Gasteiger partial charge < -0.3 is 13.9 Å². The van der Waals surface area contributed by atoms with E-state index in [4.69, 9.17) is 13.9 Å². The van der Waals surface area contributed by atoms with Crippen molar-refractivity contribution in [2.24, 2.45) is 0 Å². The van der Waals surface area contributed by atoms with E-state index >= 15 is 0 Å². The van der Waals surface area contributed by atoms with E-state index in [0.29, 0.717) is 5.89 Å². The summed E-state index contributed by atoms with van der Waals surface area (Å²) in [4.78, 5) is 4.53. The fraction of sp³-hybridized carbons (Fsp3) is 0.357. The lowest BCUT2D eigenvalue weighted by Gasteiger charge is -1.98. The minimum absolute atomic E-state index is 0.282. The van der Waals surface area contributed by atoms with Gasteiger partial charge in [-0.05, 0) is 31.5 Å². The van der Waals surface area contributed by atoms with E-state index in [1.807, 2.05) is 25.1 Å². The highest BCUT2D eigenvalue weighted by atomic mass is 16.7.